The van der Waals surface area contributed by atoms with Gasteiger partial charge in [-0.1, -0.05) is 72.6 Å². The van der Waals surface area contributed by atoms with Crippen LogP contribution in [0.2, 0.25) is 19.6 Å². The summed E-state index contributed by atoms with van der Waals surface area (Å²) in [6.07, 6.45) is 10.2. The van der Waals surface area contributed by atoms with E-state index in [0.717, 1.165) is 44.1 Å². The summed E-state index contributed by atoms with van der Waals surface area (Å²) in [5.41, 5.74) is 2.70. The summed E-state index contributed by atoms with van der Waals surface area (Å²) >= 11 is 3.68. The molecule has 3 fully saturated rings. The van der Waals surface area contributed by atoms with Crippen molar-refractivity contribution in [3.8, 4) is 0 Å². The molecule has 2 saturated carbocycles. The number of amides is 1. The van der Waals surface area contributed by atoms with Crippen LogP contribution in [0, 0.1) is 23.2 Å². The van der Waals surface area contributed by atoms with Crippen molar-refractivity contribution in [2.24, 2.45) is 23.2 Å². The first-order valence-corrected chi connectivity index (χ1v) is 18.7. The first-order chi connectivity index (χ1) is 17.0. The largest absolute Gasteiger partial charge is 0.403 e. The monoisotopic (exact) mass is 573 g/mol. The summed E-state index contributed by atoms with van der Waals surface area (Å²) in [4.78, 5) is 18.5. The van der Waals surface area contributed by atoms with Gasteiger partial charge in [0.05, 0.1) is 0 Å². The number of likely N-dealkylation sites (tertiary alicyclic amines) is 1. The van der Waals surface area contributed by atoms with E-state index >= 15 is 0 Å². The second-order valence-electron chi connectivity index (χ2n) is 13.1. The molecule has 0 N–H and O–H groups in total. The van der Waals surface area contributed by atoms with E-state index in [-0.39, 0.29) is 11.9 Å². The fourth-order valence-corrected chi connectivity index (χ4v) is 10.2. The van der Waals surface area contributed by atoms with Gasteiger partial charge in [-0.05, 0) is 105 Å². The number of nitrogens with zero attached hydrogens (tertiary/aromatic N) is 1. The zero-order chi connectivity index (χ0) is 26.1. The summed E-state index contributed by atoms with van der Waals surface area (Å²) in [7, 11) is -1.87. The van der Waals surface area contributed by atoms with Gasteiger partial charge in [0.1, 0.15) is 5.60 Å². The molecule has 1 aromatic rings. The minimum atomic E-state index is -1.87. The Hall–Kier alpha value is -0.913. The first-order valence-electron chi connectivity index (χ1n) is 14.4. The molecule has 0 radical (unpaired) electrons. The summed E-state index contributed by atoms with van der Waals surface area (Å²) < 4.78 is 6.74. The van der Waals surface area contributed by atoms with Gasteiger partial charge in [0.25, 0.3) is 5.91 Å². The van der Waals surface area contributed by atoms with Gasteiger partial charge >= 0.3 is 0 Å². The molecule has 36 heavy (non-hydrogen) atoms. The van der Waals surface area contributed by atoms with Crippen LogP contribution >= 0.6 is 15.9 Å². The maximum atomic E-state index is 14.1. The van der Waals surface area contributed by atoms with Crippen LogP contribution in [-0.2, 0) is 15.6 Å². The van der Waals surface area contributed by atoms with Crippen LogP contribution in [0.25, 0.3) is 0 Å². The number of fused-ring (bicyclic) bond motifs is 1. The molecule has 0 spiro atoms. The zero-order valence-corrected chi connectivity index (χ0v) is 26.1. The molecule has 2 unspecified atom stereocenters. The van der Waals surface area contributed by atoms with E-state index in [1.807, 2.05) is 0 Å². The van der Waals surface area contributed by atoms with Crippen LogP contribution in [0.3, 0.4) is 0 Å². The van der Waals surface area contributed by atoms with E-state index in [1.165, 1.54) is 37.7 Å². The van der Waals surface area contributed by atoms with Gasteiger partial charge in [-0.25, -0.2) is 0 Å². The normalized spacial score (nSPS) is 34.9. The van der Waals surface area contributed by atoms with Gasteiger partial charge in [0.15, 0.2) is 8.32 Å². The minimum Gasteiger partial charge on any atom is -0.403 e. The highest BCUT2D eigenvalue weighted by Crippen LogP contribution is 2.60. The Morgan fingerprint density at radius 2 is 1.94 bits per heavy atom. The van der Waals surface area contributed by atoms with Crippen molar-refractivity contribution in [2.75, 3.05) is 6.54 Å². The molecule has 1 amide bonds. The minimum absolute atomic E-state index is 0.248. The second-order valence-corrected chi connectivity index (χ2v) is 18.0. The predicted octanol–water partition coefficient (Wildman–Crippen LogP) is 8.35. The number of hydrogen-bond donors (Lipinski definition) is 0. The Bertz CT molecular complexity index is 944. The third-order valence-corrected chi connectivity index (χ3v) is 11.3. The van der Waals surface area contributed by atoms with Crippen LogP contribution in [0.4, 0.5) is 0 Å². The molecule has 1 saturated heterocycles. The maximum absolute atomic E-state index is 14.1. The van der Waals surface area contributed by atoms with Crippen molar-refractivity contribution in [3.05, 3.63) is 46.5 Å². The average Bonchev–Trinajstić information content (AvgIpc) is 3.31. The van der Waals surface area contributed by atoms with Crippen LogP contribution in [0.5, 0.6) is 0 Å². The van der Waals surface area contributed by atoms with Crippen molar-refractivity contribution >= 4 is 30.2 Å². The Balaban J connectivity index is 1.55. The van der Waals surface area contributed by atoms with Crippen LogP contribution in [-0.4, -0.2) is 37.3 Å². The highest BCUT2D eigenvalue weighted by atomic mass is 79.9. The van der Waals surface area contributed by atoms with E-state index in [2.05, 4.69) is 96.6 Å². The van der Waals surface area contributed by atoms with Gasteiger partial charge in [0, 0.05) is 19.0 Å². The average molecular weight is 575 g/mol. The molecule has 3 aliphatic rings. The van der Waals surface area contributed by atoms with Crippen molar-refractivity contribution < 1.29 is 9.22 Å². The number of benzene rings is 1. The third kappa shape index (κ3) is 5.59. The third-order valence-electron chi connectivity index (χ3n) is 9.72. The van der Waals surface area contributed by atoms with Crippen LogP contribution in [0.1, 0.15) is 77.7 Å². The molecule has 200 valence electrons. The standard InChI is InChI=1S/C31H48BrNO2Si/c1-7-31(35-36(4,5)6)21-26(33(29(31)34)19-17-24-12-9-8-10-13-24)20-23(2)27-15-16-28-25(22-32)14-11-18-30(27,28)3/h8-10,12-13,22-23,26-28H,7,11,14-21H2,1-6H3/t23-,26?,27-,28+,30-,31?/m1/s1. The number of halogens is 1. The highest BCUT2D eigenvalue weighted by molar-refractivity contribution is 9.11. The molecule has 1 aliphatic heterocycles. The van der Waals surface area contributed by atoms with Gasteiger partial charge in [-0.3, -0.25) is 4.79 Å². The molecule has 4 rings (SSSR count). The molecule has 1 heterocycles. The molecule has 3 nitrogen and oxygen atoms in total. The molecule has 6 atom stereocenters. The Labute approximate surface area is 229 Å². The predicted molar refractivity (Wildman–Crippen MR) is 157 cm³/mol. The highest BCUT2D eigenvalue weighted by Gasteiger charge is 2.55. The lowest BCUT2D eigenvalue weighted by Gasteiger charge is -2.45. The maximum Gasteiger partial charge on any atom is 0.253 e. The molecular formula is C31H48BrNO2Si. The summed E-state index contributed by atoms with van der Waals surface area (Å²) in [6, 6.07) is 10.9. The molecular weight excluding hydrogens is 526 g/mol. The smallest absolute Gasteiger partial charge is 0.253 e. The Morgan fingerprint density at radius 1 is 1.22 bits per heavy atom. The first kappa shape index (κ1) is 28.1. The van der Waals surface area contributed by atoms with Crippen molar-refractivity contribution in [1.82, 2.24) is 4.90 Å². The van der Waals surface area contributed by atoms with E-state index in [1.54, 1.807) is 5.57 Å². The lowest BCUT2D eigenvalue weighted by atomic mass is 9.61. The number of carbonyl (C=O) groups excluding carboxylic acids is 1. The molecule has 2 aliphatic carbocycles. The fourth-order valence-electron chi connectivity index (χ4n) is 8.17. The number of carbonyl (C=O) groups is 1. The summed E-state index contributed by atoms with van der Waals surface area (Å²) in [6.45, 7) is 14.7. The van der Waals surface area contributed by atoms with Crippen molar-refractivity contribution in [2.45, 2.75) is 110 Å². The van der Waals surface area contributed by atoms with Crippen molar-refractivity contribution in [1.29, 1.82) is 0 Å². The Kier molecular flexibility index (Phi) is 8.63. The number of allylic oxidation sites excluding steroid dienone is 1. The summed E-state index contributed by atoms with van der Waals surface area (Å²) in [5.74, 6) is 2.30. The van der Waals surface area contributed by atoms with E-state index < -0.39 is 13.9 Å². The molecule has 0 bridgehead atoms. The SMILES string of the molecule is CCC1(O[Si](C)(C)C)CC(C[C@@H](C)[C@H]2CC[C@H]3C(=CBr)CCC[C@]23C)N(CCc2ccccc2)C1=O. The van der Waals surface area contributed by atoms with Gasteiger partial charge in [0.2, 0.25) is 0 Å². The van der Waals surface area contributed by atoms with Gasteiger partial charge in [-0.2, -0.15) is 0 Å². The van der Waals surface area contributed by atoms with E-state index in [9.17, 15) is 4.79 Å². The lowest BCUT2D eigenvalue weighted by molar-refractivity contribution is -0.142. The van der Waals surface area contributed by atoms with Crippen LogP contribution in [0.15, 0.2) is 40.9 Å². The Morgan fingerprint density at radius 3 is 2.58 bits per heavy atom. The van der Waals surface area contributed by atoms with Gasteiger partial charge in [-0.15, -0.1) is 0 Å². The van der Waals surface area contributed by atoms with Crippen molar-refractivity contribution in [3.63, 3.8) is 0 Å². The summed E-state index contributed by atoms with van der Waals surface area (Å²) in [5, 5.41) is 0. The topological polar surface area (TPSA) is 29.5 Å². The number of rotatable bonds is 9. The fraction of sp³-hybridized carbons (Fsp3) is 0.710. The van der Waals surface area contributed by atoms with E-state index in [4.69, 9.17) is 4.43 Å². The molecule has 0 aromatic heterocycles. The molecule has 1 aromatic carbocycles. The van der Waals surface area contributed by atoms with Gasteiger partial charge < -0.3 is 9.33 Å². The lowest BCUT2D eigenvalue weighted by Crippen LogP contribution is -2.48. The molecule has 5 heteroatoms. The van der Waals surface area contributed by atoms with Crippen LogP contribution < -0.4 is 0 Å². The van der Waals surface area contributed by atoms with E-state index in [0.29, 0.717) is 11.3 Å². The number of hydrogen-bond acceptors (Lipinski definition) is 2. The second kappa shape index (κ2) is 11.1. The zero-order valence-electron chi connectivity index (χ0n) is 23.5. The quantitative estimate of drug-likeness (QED) is 0.278.